The van der Waals surface area contributed by atoms with E-state index in [1.54, 1.807) is 0 Å². The second kappa shape index (κ2) is 11.9. The largest absolute Gasteiger partial charge is 0.379 e. The molecule has 3 rings (SSSR count). The van der Waals surface area contributed by atoms with Crippen molar-refractivity contribution in [3.05, 3.63) is 48.0 Å². The van der Waals surface area contributed by atoms with E-state index in [0.717, 1.165) is 19.3 Å². The number of piperidine rings is 1. The van der Waals surface area contributed by atoms with Gasteiger partial charge in [0.05, 0.1) is 19.3 Å². The van der Waals surface area contributed by atoms with Gasteiger partial charge in [-0.1, -0.05) is 48.4 Å². The molecule has 0 aromatic heterocycles. The average Bonchev–Trinajstić information content (AvgIpc) is 2.83. The van der Waals surface area contributed by atoms with Crippen LogP contribution in [0.15, 0.2) is 42.5 Å². The normalized spacial score (nSPS) is 17.5. The Morgan fingerprint density at radius 3 is 2.59 bits per heavy atom. The summed E-state index contributed by atoms with van der Waals surface area (Å²) in [4.78, 5) is 14.9. The van der Waals surface area contributed by atoms with Gasteiger partial charge in [-0.3, -0.25) is 15.0 Å². The summed E-state index contributed by atoms with van der Waals surface area (Å²) in [6, 6.07) is 14.7. The number of rotatable bonds is 11. The number of fused-ring (bicyclic) bond motifs is 1. The number of Topliss-reactive ketones (excluding diaryl/α,β-unsaturated/α-hetero) is 1. The average molecular weight is 486 g/mol. The molecule has 34 heavy (non-hydrogen) atoms. The van der Waals surface area contributed by atoms with E-state index >= 15 is 0 Å². The summed E-state index contributed by atoms with van der Waals surface area (Å²) in [7, 11) is -3.54. The summed E-state index contributed by atoms with van der Waals surface area (Å²) in [6.07, 6.45) is 7.04. The zero-order valence-electron chi connectivity index (χ0n) is 20.0. The van der Waals surface area contributed by atoms with Gasteiger partial charge >= 0.3 is 0 Å². The van der Waals surface area contributed by atoms with Crippen molar-refractivity contribution < 1.29 is 18.3 Å². The van der Waals surface area contributed by atoms with Crippen LogP contribution < -0.4 is 5.32 Å². The molecule has 2 aromatic rings. The van der Waals surface area contributed by atoms with Crippen molar-refractivity contribution in [3.8, 4) is 12.3 Å². The summed E-state index contributed by atoms with van der Waals surface area (Å²) in [6.45, 7) is 3.75. The zero-order valence-corrected chi connectivity index (χ0v) is 20.8. The SMILES string of the molecule is C#CCNC(O)CCC(=O)CN(C1CCN([C@H](C)c2cccc3ccccc23)CC1)S(C)(=O)=O. The lowest BCUT2D eigenvalue weighted by atomic mass is 9.96. The predicted octanol–water partition coefficient (Wildman–Crippen LogP) is 2.52. The second-order valence-electron chi connectivity index (χ2n) is 9.00. The minimum absolute atomic E-state index is 0.0850. The lowest BCUT2D eigenvalue weighted by Crippen LogP contribution is -2.49. The van der Waals surface area contributed by atoms with Gasteiger partial charge in [-0.15, -0.1) is 6.42 Å². The van der Waals surface area contributed by atoms with Gasteiger partial charge in [0.2, 0.25) is 10.0 Å². The summed E-state index contributed by atoms with van der Waals surface area (Å²) < 4.78 is 26.4. The molecule has 1 aliphatic rings. The predicted molar refractivity (Wildman–Crippen MR) is 136 cm³/mol. The quantitative estimate of drug-likeness (QED) is 0.376. The molecule has 0 radical (unpaired) electrons. The van der Waals surface area contributed by atoms with Crippen LogP contribution in [0.4, 0.5) is 0 Å². The standard InChI is InChI=1S/C26H35N3O4S/c1-4-16-27-26(31)13-12-23(30)19-29(34(3,32)33)22-14-17-28(18-15-22)20(2)24-11-7-9-21-8-5-6-10-25(21)24/h1,5-11,20,22,26-27,31H,12-19H2,2-3H3/t20-,26?/m1/s1. The Hall–Kier alpha value is -2.28. The molecule has 2 atom stereocenters. The van der Waals surface area contributed by atoms with Crippen LogP contribution >= 0.6 is 0 Å². The van der Waals surface area contributed by atoms with Crippen LogP contribution in [0.25, 0.3) is 10.8 Å². The molecule has 184 valence electrons. The van der Waals surface area contributed by atoms with Crippen LogP contribution in [-0.4, -0.2) is 73.2 Å². The first-order chi connectivity index (χ1) is 16.2. The van der Waals surface area contributed by atoms with Gasteiger partial charge in [-0.05, 0) is 42.5 Å². The molecule has 1 aliphatic heterocycles. The molecule has 0 saturated carbocycles. The Labute approximate surface area is 203 Å². The fourth-order valence-corrected chi connectivity index (χ4v) is 5.85. The van der Waals surface area contributed by atoms with E-state index in [-0.39, 0.29) is 43.8 Å². The first-order valence-corrected chi connectivity index (χ1v) is 13.6. The number of sulfonamides is 1. The van der Waals surface area contributed by atoms with E-state index in [4.69, 9.17) is 6.42 Å². The summed E-state index contributed by atoms with van der Waals surface area (Å²) >= 11 is 0. The van der Waals surface area contributed by atoms with E-state index in [1.807, 2.05) is 6.07 Å². The third-order valence-corrected chi connectivity index (χ3v) is 7.90. The fourth-order valence-electron chi connectivity index (χ4n) is 4.72. The van der Waals surface area contributed by atoms with E-state index in [1.165, 1.54) is 20.6 Å². The third kappa shape index (κ3) is 6.87. The molecule has 0 aliphatic carbocycles. The van der Waals surface area contributed by atoms with Gasteiger partial charge < -0.3 is 5.11 Å². The maximum Gasteiger partial charge on any atom is 0.211 e. The van der Waals surface area contributed by atoms with Crippen molar-refractivity contribution >= 4 is 26.6 Å². The smallest absolute Gasteiger partial charge is 0.211 e. The summed E-state index contributed by atoms with van der Waals surface area (Å²) in [5, 5.41) is 15.0. The molecule has 1 heterocycles. The van der Waals surface area contributed by atoms with Crippen molar-refractivity contribution in [1.82, 2.24) is 14.5 Å². The molecular formula is C26H35N3O4S. The Kier molecular flexibility index (Phi) is 9.23. The van der Waals surface area contributed by atoms with Gasteiger partial charge in [0.15, 0.2) is 0 Å². The highest BCUT2D eigenvalue weighted by Crippen LogP contribution is 2.31. The maximum absolute atomic E-state index is 12.5. The Bertz CT molecular complexity index is 1120. The molecule has 0 amide bonds. The summed E-state index contributed by atoms with van der Waals surface area (Å²) in [5.41, 5.74) is 1.27. The lowest BCUT2D eigenvalue weighted by Gasteiger charge is -2.40. The van der Waals surface area contributed by atoms with Gasteiger partial charge in [-0.25, -0.2) is 8.42 Å². The second-order valence-corrected chi connectivity index (χ2v) is 10.9. The Morgan fingerprint density at radius 2 is 1.91 bits per heavy atom. The van der Waals surface area contributed by atoms with Crippen LogP contribution in [0.2, 0.25) is 0 Å². The van der Waals surface area contributed by atoms with Gasteiger partial charge in [0.25, 0.3) is 0 Å². The van der Waals surface area contributed by atoms with Crippen LogP contribution in [0.5, 0.6) is 0 Å². The first-order valence-electron chi connectivity index (χ1n) is 11.8. The molecule has 1 saturated heterocycles. The highest BCUT2D eigenvalue weighted by molar-refractivity contribution is 7.88. The highest BCUT2D eigenvalue weighted by Gasteiger charge is 2.33. The number of hydrogen-bond acceptors (Lipinski definition) is 6. The number of benzene rings is 2. The lowest BCUT2D eigenvalue weighted by molar-refractivity contribution is -0.120. The molecule has 1 fully saturated rings. The molecule has 8 heteroatoms. The number of nitrogens with zero attached hydrogens (tertiary/aromatic N) is 2. The fraction of sp³-hybridized carbons (Fsp3) is 0.500. The van der Waals surface area contributed by atoms with Gasteiger partial charge in [0, 0.05) is 31.6 Å². The maximum atomic E-state index is 12.5. The molecule has 7 nitrogen and oxygen atoms in total. The molecule has 2 N–H and O–H groups in total. The number of nitrogens with one attached hydrogen (secondary N) is 1. The Morgan fingerprint density at radius 1 is 1.24 bits per heavy atom. The Balaban J connectivity index is 1.60. The van der Waals surface area contributed by atoms with E-state index in [0.29, 0.717) is 12.8 Å². The van der Waals surface area contributed by atoms with Crippen molar-refractivity contribution in [2.75, 3.05) is 32.4 Å². The minimum Gasteiger partial charge on any atom is -0.379 e. The number of terminal acetylenes is 1. The van der Waals surface area contributed by atoms with Crippen molar-refractivity contribution in [2.24, 2.45) is 0 Å². The van der Waals surface area contributed by atoms with Crippen molar-refractivity contribution in [1.29, 1.82) is 0 Å². The third-order valence-electron chi connectivity index (χ3n) is 6.62. The minimum atomic E-state index is -3.54. The topological polar surface area (TPSA) is 89.9 Å². The van der Waals surface area contributed by atoms with Crippen LogP contribution in [0, 0.1) is 12.3 Å². The molecule has 0 bridgehead atoms. The molecule has 1 unspecified atom stereocenters. The molecular weight excluding hydrogens is 450 g/mol. The number of likely N-dealkylation sites (tertiary alicyclic amines) is 1. The van der Waals surface area contributed by atoms with Gasteiger partial charge in [0.1, 0.15) is 12.0 Å². The summed E-state index contributed by atoms with van der Waals surface area (Å²) in [5.74, 6) is 2.15. The van der Waals surface area contributed by atoms with Crippen LogP contribution in [0.1, 0.15) is 44.2 Å². The van der Waals surface area contributed by atoms with Crippen LogP contribution in [0.3, 0.4) is 0 Å². The number of aliphatic hydroxyl groups is 1. The monoisotopic (exact) mass is 485 g/mol. The number of ketones is 1. The number of aliphatic hydroxyl groups excluding tert-OH is 1. The molecule has 2 aromatic carbocycles. The van der Waals surface area contributed by atoms with Crippen LogP contribution in [-0.2, 0) is 14.8 Å². The number of hydrogen-bond donors (Lipinski definition) is 2. The highest BCUT2D eigenvalue weighted by atomic mass is 32.2. The van der Waals surface area contributed by atoms with Gasteiger partial charge in [-0.2, -0.15) is 4.31 Å². The number of carbonyl (C=O) groups is 1. The van der Waals surface area contributed by atoms with Crippen molar-refractivity contribution in [3.63, 3.8) is 0 Å². The van der Waals surface area contributed by atoms with Crippen molar-refractivity contribution in [2.45, 2.75) is 50.9 Å². The number of carbonyl (C=O) groups excluding carboxylic acids is 1. The van der Waals surface area contributed by atoms with E-state index in [9.17, 15) is 18.3 Å². The first kappa shape index (κ1) is 26.3. The van der Waals surface area contributed by atoms with E-state index < -0.39 is 16.3 Å². The van der Waals surface area contributed by atoms with E-state index in [2.05, 4.69) is 59.5 Å². The zero-order chi connectivity index (χ0) is 24.7. The molecule has 0 spiro atoms.